The number of hydrogen-bond donors (Lipinski definition) is 2. The van der Waals surface area contributed by atoms with E-state index in [0.717, 1.165) is 61.9 Å². The summed E-state index contributed by atoms with van der Waals surface area (Å²) in [6.45, 7) is 4.18. The fourth-order valence-corrected chi connectivity index (χ4v) is 8.12. The highest BCUT2D eigenvalue weighted by Gasteiger charge is 2.42. The number of ether oxygens (including phenoxy) is 3. The Balaban J connectivity index is 0.000000686. The van der Waals surface area contributed by atoms with Gasteiger partial charge >= 0.3 is 11.9 Å². The average molecular weight is 821 g/mol. The van der Waals surface area contributed by atoms with Crippen molar-refractivity contribution in [3.63, 3.8) is 0 Å². The zero-order valence-corrected chi connectivity index (χ0v) is 33.9. The number of aliphatic carboxylic acids is 2. The van der Waals surface area contributed by atoms with Crippen molar-refractivity contribution in [2.24, 2.45) is 5.92 Å². The molecule has 1 amide bonds. The van der Waals surface area contributed by atoms with Crippen LogP contribution in [-0.4, -0.2) is 107 Å². The predicted octanol–water partition coefficient (Wildman–Crippen LogP) is 6.73. The number of carbonyl (C=O) groups excluding carboxylic acids is 2. The van der Waals surface area contributed by atoms with E-state index in [9.17, 15) is 23.6 Å². The molecule has 0 spiro atoms. The molecular weight excluding hydrogens is 772 g/mol. The molecule has 0 saturated carbocycles. The van der Waals surface area contributed by atoms with Crippen LogP contribution in [0.15, 0.2) is 103 Å². The summed E-state index contributed by atoms with van der Waals surface area (Å²) in [5.41, 5.74) is 4.13. The highest BCUT2D eigenvalue weighted by Crippen LogP contribution is 2.42. The summed E-state index contributed by atoms with van der Waals surface area (Å²) in [6.07, 6.45) is 4.37. The number of piperidine rings is 1. The van der Waals surface area contributed by atoms with E-state index in [-0.39, 0.29) is 28.8 Å². The van der Waals surface area contributed by atoms with Crippen molar-refractivity contribution in [3.8, 4) is 17.2 Å². The molecule has 1 unspecified atom stereocenters. The summed E-state index contributed by atoms with van der Waals surface area (Å²) in [6, 6.07) is 28.2. The van der Waals surface area contributed by atoms with Gasteiger partial charge in [-0.05, 0) is 92.8 Å². The van der Waals surface area contributed by atoms with Crippen LogP contribution in [0.25, 0.3) is 11.0 Å². The zero-order chi connectivity index (χ0) is 42.8. The van der Waals surface area contributed by atoms with Crippen molar-refractivity contribution < 1.29 is 48.0 Å². The normalized spacial score (nSPS) is 17.0. The van der Waals surface area contributed by atoms with Crippen molar-refractivity contribution in [2.45, 2.75) is 37.6 Å². The monoisotopic (exact) mass is 820 g/mol. The number of para-hydroxylation sites is 2. The molecule has 1 aromatic heterocycles. The van der Waals surface area contributed by atoms with Crippen LogP contribution in [0, 0.1) is 11.7 Å². The third kappa shape index (κ3) is 10.0. The average Bonchev–Trinajstić information content (AvgIpc) is 3.88. The minimum atomic E-state index is -1.26. The van der Waals surface area contributed by atoms with Gasteiger partial charge in [-0.15, -0.1) is 0 Å². The van der Waals surface area contributed by atoms with Crippen LogP contribution < -0.4 is 14.2 Å². The molecule has 0 radical (unpaired) electrons. The Morgan fingerprint density at radius 3 is 2.03 bits per heavy atom. The Bertz CT molecular complexity index is 2300. The largest absolute Gasteiger partial charge is 0.493 e. The number of benzene rings is 4. The Morgan fingerprint density at radius 1 is 0.817 bits per heavy atom. The van der Waals surface area contributed by atoms with Crippen molar-refractivity contribution in [2.75, 3.05) is 54.1 Å². The second-order valence-corrected chi connectivity index (χ2v) is 14.9. The van der Waals surface area contributed by atoms with Crippen LogP contribution in [-0.2, 0) is 21.5 Å². The van der Waals surface area contributed by atoms with Crippen LogP contribution in [0.4, 0.5) is 4.39 Å². The van der Waals surface area contributed by atoms with Crippen LogP contribution in [0.1, 0.15) is 57.8 Å². The molecule has 0 bridgehead atoms. The molecule has 2 aliphatic rings. The standard InChI is InChI=1S/C42H45FN4O5.C4H4O4/c1-50-36-25-31(26-37(51-2)39(36)52-3)41(49)46-24-20-42(28-46,32-9-5-4-6-10-32)19-23-45-21-17-30(18-22-45)38(48)40-44-34-11-7-8-12-35(34)47(40)27-29-13-15-33(43)16-14-29;5-3(6)1-2-4(7)8/h4-16,25-26,30H,17-24,27-28H2,1-3H3;1-2H,(H,5,6)(H,7,8). The third-order valence-corrected chi connectivity index (χ3v) is 11.3. The number of imidazole rings is 1. The smallest absolute Gasteiger partial charge is 0.328 e. The molecule has 2 aliphatic heterocycles. The number of rotatable bonds is 14. The lowest BCUT2D eigenvalue weighted by Gasteiger charge is -2.36. The van der Waals surface area contributed by atoms with Crippen LogP contribution >= 0.6 is 0 Å². The van der Waals surface area contributed by atoms with Gasteiger partial charge in [-0.25, -0.2) is 19.0 Å². The van der Waals surface area contributed by atoms with Crippen molar-refractivity contribution >= 4 is 34.7 Å². The van der Waals surface area contributed by atoms with E-state index in [2.05, 4.69) is 29.2 Å². The molecule has 5 aromatic rings. The van der Waals surface area contributed by atoms with Crippen molar-refractivity contribution in [1.82, 2.24) is 19.4 Å². The number of carboxylic acids is 2. The topological polar surface area (TPSA) is 161 Å². The second-order valence-electron chi connectivity index (χ2n) is 14.9. The summed E-state index contributed by atoms with van der Waals surface area (Å²) in [4.78, 5) is 56.3. The summed E-state index contributed by atoms with van der Waals surface area (Å²) >= 11 is 0. The minimum absolute atomic E-state index is 0.0652. The Kier molecular flexibility index (Phi) is 14.0. The maximum Gasteiger partial charge on any atom is 0.328 e. The third-order valence-electron chi connectivity index (χ3n) is 11.3. The zero-order valence-electron chi connectivity index (χ0n) is 33.9. The molecule has 2 saturated heterocycles. The SMILES string of the molecule is COc1cc(C(=O)N2CCC(CCN3CCC(C(=O)c4nc5ccccc5n4Cc4ccc(F)cc4)CC3)(c3ccccc3)C2)cc(OC)c1OC.O=C(O)C=CC(=O)O. The second kappa shape index (κ2) is 19.5. The first-order chi connectivity index (χ1) is 28.9. The maximum absolute atomic E-state index is 14.1. The summed E-state index contributed by atoms with van der Waals surface area (Å²) in [7, 11) is 4.65. The molecule has 4 aromatic carbocycles. The van der Waals surface area contributed by atoms with Gasteiger partial charge in [0.2, 0.25) is 11.5 Å². The molecule has 3 heterocycles. The number of methoxy groups -OCH3 is 3. The summed E-state index contributed by atoms with van der Waals surface area (Å²) < 4.78 is 32.1. The lowest BCUT2D eigenvalue weighted by Crippen LogP contribution is -2.41. The van der Waals surface area contributed by atoms with Gasteiger partial charge in [0, 0.05) is 48.7 Å². The highest BCUT2D eigenvalue weighted by molar-refractivity contribution is 5.98. The Morgan fingerprint density at radius 2 is 1.43 bits per heavy atom. The van der Waals surface area contributed by atoms with Gasteiger partial charge in [-0.2, -0.15) is 0 Å². The molecule has 0 aliphatic carbocycles. The summed E-state index contributed by atoms with van der Waals surface area (Å²) in [5, 5.41) is 15.6. The van der Waals surface area contributed by atoms with E-state index in [1.165, 1.54) is 17.7 Å². The fraction of sp³-hybridized carbons (Fsp3) is 0.326. The van der Waals surface area contributed by atoms with E-state index in [1.54, 1.807) is 45.6 Å². The summed E-state index contributed by atoms with van der Waals surface area (Å²) in [5.74, 6) is -1.10. The molecule has 2 fully saturated rings. The van der Waals surface area contributed by atoms with E-state index >= 15 is 0 Å². The minimum Gasteiger partial charge on any atom is -0.493 e. The number of nitrogens with zero attached hydrogens (tertiary/aromatic N) is 4. The van der Waals surface area contributed by atoms with Gasteiger partial charge in [0.1, 0.15) is 5.82 Å². The first kappa shape index (κ1) is 43.0. The Labute approximate surface area is 347 Å². The van der Waals surface area contributed by atoms with E-state index < -0.39 is 11.9 Å². The molecule has 1 atom stereocenters. The first-order valence-corrected chi connectivity index (χ1v) is 19.7. The number of fused-ring (bicyclic) bond motifs is 1. The number of aromatic nitrogens is 2. The molecule has 13 nitrogen and oxygen atoms in total. The molecular formula is C46H49FN4O9. The van der Waals surface area contributed by atoms with Crippen LogP contribution in [0.3, 0.4) is 0 Å². The van der Waals surface area contributed by atoms with Gasteiger partial charge in [0.25, 0.3) is 5.91 Å². The Hall–Kier alpha value is -6.54. The van der Waals surface area contributed by atoms with Gasteiger partial charge < -0.3 is 38.8 Å². The van der Waals surface area contributed by atoms with Gasteiger partial charge in [-0.3, -0.25) is 9.59 Å². The number of hydrogen-bond acceptors (Lipinski definition) is 9. The highest BCUT2D eigenvalue weighted by atomic mass is 19.1. The quantitative estimate of drug-likeness (QED) is 0.0903. The fourth-order valence-electron chi connectivity index (χ4n) is 8.12. The van der Waals surface area contributed by atoms with E-state index in [0.29, 0.717) is 60.4 Å². The van der Waals surface area contributed by atoms with E-state index in [4.69, 9.17) is 29.4 Å². The lowest BCUT2D eigenvalue weighted by atomic mass is 9.76. The molecule has 7 rings (SSSR count). The predicted molar refractivity (Wildman–Crippen MR) is 222 cm³/mol. The molecule has 2 N–H and O–H groups in total. The van der Waals surface area contributed by atoms with Crippen LogP contribution in [0.2, 0.25) is 0 Å². The number of halogens is 1. The number of Topliss-reactive ketones (excluding diaryl/α,β-unsaturated/α-hetero) is 1. The molecule has 60 heavy (non-hydrogen) atoms. The van der Waals surface area contributed by atoms with Gasteiger partial charge in [0.05, 0.1) is 32.4 Å². The molecule has 314 valence electrons. The van der Waals surface area contributed by atoms with Gasteiger partial charge in [-0.1, -0.05) is 54.6 Å². The number of ketones is 1. The van der Waals surface area contributed by atoms with Crippen LogP contribution in [0.5, 0.6) is 17.2 Å². The maximum atomic E-state index is 14.1. The number of carboxylic acid groups (broad SMARTS) is 2. The van der Waals surface area contributed by atoms with Gasteiger partial charge in [0.15, 0.2) is 17.3 Å². The van der Waals surface area contributed by atoms with Crippen molar-refractivity contribution in [1.29, 1.82) is 0 Å². The van der Waals surface area contributed by atoms with E-state index in [1.807, 2.05) is 39.8 Å². The number of amides is 1. The van der Waals surface area contributed by atoms with Crippen molar-refractivity contribution in [3.05, 3.63) is 131 Å². The number of likely N-dealkylation sites (tertiary alicyclic amines) is 2. The first-order valence-electron chi connectivity index (χ1n) is 19.7. The lowest BCUT2D eigenvalue weighted by molar-refractivity contribution is -0.134. The number of carbonyl (C=O) groups is 4. The molecule has 14 heteroatoms.